The first kappa shape index (κ1) is 14.5. The van der Waals surface area contributed by atoms with Gasteiger partial charge in [0.25, 0.3) is 0 Å². The number of aromatic amines is 1. The fraction of sp³-hybridized carbons (Fsp3) is 0.167. The van der Waals surface area contributed by atoms with E-state index >= 15 is 0 Å². The average molecular weight is 370 g/mol. The molecule has 0 aliphatic carbocycles. The van der Waals surface area contributed by atoms with Gasteiger partial charge in [0.1, 0.15) is 0 Å². The Balaban J connectivity index is 1.95. The molecule has 2 aromatic carbocycles. The van der Waals surface area contributed by atoms with Gasteiger partial charge in [-0.15, -0.1) is 0 Å². The lowest BCUT2D eigenvalue weighted by atomic mass is 10.00. The van der Waals surface area contributed by atoms with Crippen molar-refractivity contribution in [2.75, 3.05) is 13.1 Å². The van der Waals surface area contributed by atoms with Crippen LogP contribution in [0, 0.1) is 0 Å². The van der Waals surface area contributed by atoms with E-state index in [1.54, 1.807) is 0 Å². The van der Waals surface area contributed by atoms with Crippen molar-refractivity contribution in [2.24, 2.45) is 4.99 Å². The smallest absolute Gasteiger partial charge is 0.199 e. The standard InChI is InChI=1S/C18H16BrN3O/c19-12-6-7-15-14(8-12)16(18(23)22-15)17(21-13-9-20-10-13)11-4-2-1-3-5-11/h1-8,13,20,22-23H,9-10H2. The molecule has 5 heteroatoms. The molecule has 0 spiro atoms. The summed E-state index contributed by atoms with van der Waals surface area (Å²) in [7, 11) is 0. The number of aromatic hydroxyl groups is 1. The molecule has 1 fully saturated rings. The lowest BCUT2D eigenvalue weighted by Crippen LogP contribution is -2.46. The van der Waals surface area contributed by atoms with Gasteiger partial charge in [-0.3, -0.25) is 4.99 Å². The van der Waals surface area contributed by atoms with Crippen LogP contribution in [0.15, 0.2) is 58.0 Å². The fourth-order valence-electron chi connectivity index (χ4n) is 2.82. The van der Waals surface area contributed by atoms with E-state index in [0.717, 1.165) is 45.3 Å². The summed E-state index contributed by atoms with van der Waals surface area (Å²) in [5.41, 5.74) is 3.50. The van der Waals surface area contributed by atoms with Crippen LogP contribution in [0.2, 0.25) is 0 Å². The second kappa shape index (κ2) is 5.83. The molecule has 3 aromatic rings. The molecule has 4 nitrogen and oxygen atoms in total. The van der Waals surface area contributed by atoms with Gasteiger partial charge in [-0.1, -0.05) is 46.3 Å². The number of nitrogens with zero attached hydrogens (tertiary/aromatic N) is 1. The summed E-state index contributed by atoms with van der Waals surface area (Å²) in [5, 5.41) is 14.7. The SMILES string of the molecule is Oc1[nH]c2ccc(Br)cc2c1C(=NC1CNC1)c1ccccc1. The molecular formula is C18H16BrN3O. The molecule has 1 aliphatic heterocycles. The molecule has 0 atom stereocenters. The Labute approximate surface area is 142 Å². The molecule has 0 bridgehead atoms. The van der Waals surface area contributed by atoms with Gasteiger partial charge in [-0.05, 0) is 18.2 Å². The van der Waals surface area contributed by atoms with Gasteiger partial charge in [0.2, 0.25) is 0 Å². The van der Waals surface area contributed by atoms with Crippen molar-refractivity contribution in [1.29, 1.82) is 0 Å². The van der Waals surface area contributed by atoms with Crippen LogP contribution >= 0.6 is 15.9 Å². The van der Waals surface area contributed by atoms with Crippen LogP contribution in [-0.4, -0.2) is 34.9 Å². The summed E-state index contributed by atoms with van der Waals surface area (Å²) in [6, 6.07) is 16.2. The van der Waals surface area contributed by atoms with Crippen LogP contribution < -0.4 is 5.32 Å². The lowest BCUT2D eigenvalue weighted by Gasteiger charge is -2.24. The first-order valence-electron chi connectivity index (χ1n) is 7.57. The van der Waals surface area contributed by atoms with E-state index in [2.05, 4.69) is 26.2 Å². The normalized spacial score (nSPS) is 15.8. The number of H-pyrrole nitrogens is 1. The highest BCUT2D eigenvalue weighted by atomic mass is 79.9. The van der Waals surface area contributed by atoms with Crippen LogP contribution in [0.4, 0.5) is 0 Å². The summed E-state index contributed by atoms with van der Waals surface area (Å²) < 4.78 is 0.975. The zero-order valence-corrected chi connectivity index (χ0v) is 14.0. The molecular weight excluding hydrogens is 354 g/mol. The summed E-state index contributed by atoms with van der Waals surface area (Å²) in [5.74, 6) is 0.160. The van der Waals surface area contributed by atoms with Crippen LogP contribution in [0.5, 0.6) is 5.88 Å². The fourth-order valence-corrected chi connectivity index (χ4v) is 3.18. The predicted octanol–water partition coefficient (Wildman–Crippen LogP) is 3.45. The van der Waals surface area contributed by atoms with E-state index in [9.17, 15) is 5.11 Å². The summed E-state index contributed by atoms with van der Waals surface area (Å²) in [6.07, 6.45) is 0. The number of hydrogen-bond donors (Lipinski definition) is 3. The number of rotatable bonds is 3. The average Bonchev–Trinajstić information content (AvgIpc) is 2.83. The third-order valence-electron chi connectivity index (χ3n) is 4.10. The van der Waals surface area contributed by atoms with E-state index in [-0.39, 0.29) is 11.9 Å². The Kier molecular flexibility index (Phi) is 3.67. The molecule has 4 rings (SSSR count). The van der Waals surface area contributed by atoms with Gasteiger partial charge in [0.05, 0.1) is 17.3 Å². The Hall–Kier alpha value is -2.11. The van der Waals surface area contributed by atoms with Gasteiger partial charge in [-0.25, -0.2) is 0 Å². The van der Waals surface area contributed by atoms with E-state index < -0.39 is 0 Å². The predicted molar refractivity (Wildman–Crippen MR) is 96.4 cm³/mol. The Bertz CT molecular complexity index is 882. The molecule has 1 aromatic heterocycles. The minimum atomic E-state index is 0.160. The van der Waals surface area contributed by atoms with Crippen molar-refractivity contribution in [3.8, 4) is 5.88 Å². The van der Waals surface area contributed by atoms with Crippen LogP contribution in [0.25, 0.3) is 10.9 Å². The molecule has 1 saturated heterocycles. The third-order valence-corrected chi connectivity index (χ3v) is 4.59. The Morgan fingerprint density at radius 1 is 1.13 bits per heavy atom. The molecule has 0 saturated carbocycles. The minimum Gasteiger partial charge on any atom is -0.494 e. The molecule has 0 radical (unpaired) electrons. The van der Waals surface area contributed by atoms with Crippen molar-refractivity contribution in [3.05, 3.63) is 64.1 Å². The minimum absolute atomic E-state index is 0.160. The maximum Gasteiger partial charge on any atom is 0.199 e. The number of aliphatic imine (C=N–C) groups is 1. The molecule has 23 heavy (non-hydrogen) atoms. The molecule has 1 aliphatic rings. The quantitative estimate of drug-likeness (QED) is 0.619. The maximum absolute atomic E-state index is 10.5. The molecule has 0 amide bonds. The van der Waals surface area contributed by atoms with E-state index in [0.29, 0.717) is 0 Å². The number of halogens is 1. The van der Waals surface area contributed by atoms with Crippen molar-refractivity contribution in [3.63, 3.8) is 0 Å². The largest absolute Gasteiger partial charge is 0.494 e. The third kappa shape index (κ3) is 2.66. The summed E-state index contributed by atoms with van der Waals surface area (Å²) in [6.45, 7) is 1.76. The monoisotopic (exact) mass is 369 g/mol. The molecule has 2 heterocycles. The summed E-state index contributed by atoms with van der Waals surface area (Å²) >= 11 is 3.51. The number of aromatic nitrogens is 1. The topological polar surface area (TPSA) is 60.4 Å². The highest BCUT2D eigenvalue weighted by molar-refractivity contribution is 9.10. The lowest BCUT2D eigenvalue weighted by molar-refractivity contribution is 0.446. The first-order chi connectivity index (χ1) is 11.2. The van der Waals surface area contributed by atoms with E-state index in [4.69, 9.17) is 4.99 Å². The Morgan fingerprint density at radius 2 is 1.91 bits per heavy atom. The number of benzene rings is 2. The highest BCUT2D eigenvalue weighted by Gasteiger charge is 2.22. The van der Waals surface area contributed by atoms with Gasteiger partial charge in [0.15, 0.2) is 5.88 Å². The second-order valence-electron chi connectivity index (χ2n) is 5.69. The van der Waals surface area contributed by atoms with Crippen molar-refractivity contribution in [2.45, 2.75) is 6.04 Å². The first-order valence-corrected chi connectivity index (χ1v) is 8.36. The van der Waals surface area contributed by atoms with E-state index in [1.165, 1.54) is 0 Å². The van der Waals surface area contributed by atoms with Crippen molar-refractivity contribution in [1.82, 2.24) is 10.3 Å². The van der Waals surface area contributed by atoms with Gasteiger partial charge in [-0.2, -0.15) is 0 Å². The van der Waals surface area contributed by atoms with Gasteiger partial charge < -0.3 is 15.4 Å². The Morgan fingerprint density at radius 3 is 2.61 bits per heavy atom. The number of nitrogens with one attached hydrogen (secondary N) is 2. The number of hydrogen-bond acceptors (Lipinski definition) is 3. The van der Waals surface area contributed by atoms with E-state index in [1.807, 2.05) is 48.5 Å². The summed E-state index contributed by atoms with van der Waals surface area (Å²) in [4.78, 5) is 7.95. The number of fused-ring (bicyclic) bond motifs is 1. The zero-order valence-electron chi connectivity index (χ0n) is 12.4. The van der Waals surface area contributed by atoms with Crippen molar-refractivity contribution >= 4 is 32.5 Å². The molecule has 3 N–H and O–H groups in total. The zero-order chi connectivity index (χ0) is 15.8. The van der Waals surface area contributed by atoms with Crippen LogP contribution in [0.1, 0.15) is 11.1 Å². The van der Waals surface area contributed by atoms with Crippen molar-refractivity contribution < 1.29 is 5.11 Å². The molecule has 116 valence electrons. The highest BCUT2D eigenvalue weighted by Crippen LogP contribution is 2.32. The van der Waals surface area contributed by atoms with Crippen LogP contribution in [0.3, 0.4) is 0 Å². The molecule has 0 unspecified atom stereocenters. The van der Waals surface area contributed by atoms with Crippen LogP contribution in [-0.2, 0) is 0 Å². The second-order valence-corrected chi connectivity index (χ2v) is 6.61. The van der Waals surface area contributed by atoms with Gasteiger partial charge in [0, 0.05) is 34.0 Å². The van der Waals surface area contributed by atoms with Gasteiger partial charge >= 0.3 is 0 Å². The maximum atomic E-state index is 10.5.